The molecule has 3 rings (SSSR count). The van der Waals surface area contributed by atoms with E-state index < -0.39 is 6.04 Å². The molecule has 1 aromatic rings. The van der Waals surface area contributed by atoms with Crippen LogP contribution in [0.3, 0.4) is 0 Å². The highest BCUT2D eigenvalue weighted by molar-refractivity contribution is 5.89. The molecule has 2 aliphatic heterocycles. The molecule has 0 saturated carbocycles. The fraction of sp³-hybridized carbons (Fsp3) is 0.429. The number of carbonyl (C=O) groups excluding carboxylic acids is 2. The van der Waals surface area contributed by atoms with Crippen molar-refractivity contribution in [3.8, 4) is 11.5 Å². The fourth-order valence-electron chi connectivity index (χ4n) is 2.41. The highest BCUT2D eigenvalue weighted by atomic mass is 16.7. The molecule has 0 aliphatic carbocycles. The number of amides is 2. The van der Waals surface area contributed by atoms with Crippen LogP contribution in [0.15, 0.2) is 18.2 Å². The highest BCUT2D eigenvalue weighted by Gasteiger charge is 2.26. The van der Waals surface area contributed by atoms with E-state index in [1.165, 1.54) is 0 Å². The van der Waals surface area contributed by atoms with E-state index >= 15 is 0 Å². The molecule has 1 fully saturated rings. The number of carbonyl (C=O) groups is 2. The number of benzene rings is 1. The Morgan fingerprint density at radius 2 is 2.10 bits per heavy atom. The van der Waals surface area contributed by atoms with Crippen LogP contribution in [0.1, 0.15) is 18.9 Å². The van der Waals surface area contributed by atoms with Crippen molar-refractivity contribution in [1.29, 1.82) is 0 Å². The van der Waals surface area contributed by atoms with Crippen LogP contribution in [0, 0.1) is 0 Å². The Morgan fingerprint density at radius 3 is 2.95 bits per heavy atom. The molecule has 2 aliphatic rings. The van der Waals surface area contributed by atoms with Gasteiger partial charge in [0.05, 0.1) is 0 Å². The van der Waals surface area contributed by atoms with E-state index in [0.29, 0.717) is 25.3 Å². The van der Waals surface area contributed by atoms with Crippen LogP contribution in [0.25, 0.3) is 0 Å². The average Bonchev–Trinajstić information content (AvgIpc) is 2.85. The van der Waals surface area contributed by atoms with Gasteiger partial charge in [0.25, 0.3) is 0 Å². The van der Waals surface area contributed by atoms with Gasteiger partial charge in [-0.25, -0.2) is 0 Å². The zero-order valence-electron chi connectivity index (χ0n) is 11.2. The van der Waals surface area contributed by atoms with Gasteiger partial charge < -0.3 is 19.7 Å². The van der Waals surface area contributed by atoms with E-state index in [1.807, 2.05) is 18.2 Å². The molecule has 1 N–H and O–H groups in total. The number of ether oxygens (including phenoxy) is 2. The van der Waals surface area contributed by atoms with Gasteiger partial charge in [0.2, 0.25) is 18.6 Å². The summed E-state index contributed by atoms with van der Waals surface area (Å²) >= 11 is 0. The van der Waals surface area contributed by atoms with Crippen molar-refractivity contribution >= 4 is 11.8 Å². The van der Waals surface area contributed by atoms with Crippen LogP contribution in [0.5, 0.6) is 11.5 Å². The molecule has 6 heteroatoms. The van der Waals surface area contributed by atoms with E-state index in [9.17, 15) is 9.59 Å². The van der Waals surface area contributed by atoms with Crippen LogP contribution in [-0.4, -0.2) is 36.1 Å². The number of rotatable bonds is 2. The first-order valence-electron chi connectivity index (χ1n) is 6.60. The second-order valence-electron chi connectivity index (χ2n) is 4.99. The zero-order valence-corrected chi connectivity index (χ0v) is 11.2. The summed E-state index contributed by atoms with van der Waals surface area (Å²) in [6, 6.07) is 5.15. The lowest BCUT2D eigenvalue weighted by Gasteiger charge is -2.22. The normalized spacial score (nSPS) is 21.6. The lowest BCUT2D eigenvalue weighted by Crippen LogP contribution is -2.42. The number of hydrogen-bond acceptors (Lipinski definition) is 4. The first-order valence-corrected chi connectivity index (χ1v) is 6.60. The molecule has 20 heavy (non-hydrogen) atoms. The summed E-state index contributed by atoms with van der Waals surface area (Å²) in [5.41, 5.74) is 0.962. The van der Waals surface area contributed by atoms with Gasteiger partial charge in [-0.1, -0.05) is 6.07 Å². The second kappa shape index (κ2) is 5.03. The Morgan fingerprint density at radius 1 is 1.30 bits per heavy atom. The van der Waals surface area contributed by atoms with Crippen LogP contribution in [-0.2, 0) is 16.1 Å². The van der Waals surface area contributed by atoms with Crippen molar-refractivity contribution < 1.29 is 19.1 Å². The Labute approximate surface area is 116 Å². The Bertz CT molecular complexity index is 558. The average molecular weight is 276 g/mol. The number of hydrogen-bond donors (Lipinski definition) is 1. The SMILES string of the molecule is CC1NC(=O)CCN(Cc2ccc3c(c2)OCO3)C1=O. The maximum absolute atomic E-state index is 12.2. The van der Waals surface area contributed by atoms with Crippen molar-refractivity contribution in [2.45, 2.75) is 25.9 Å². The zero-order chi connectivity index (χ0) is 14.1. The monoisotopic (exact) mass is 276 g/mol. The molecule has 1 atom stereocenters. The summed E-state index contributed by atoms with van der Waals surface area (Å²) in [7, 11) is 0. The molecule has 106 valence electrons. The van der Waals surface area contributed by atoms with Crippen molar-refractivity contribution in [3.63, 3.8) is 0 Å². The standard InChI is InChI=1S/C14H16N2O4/c1-9-14(18)16(5-4-13(17)15-9)7-10-2-3-11-12(6-10)20-8-19-11/h2-3,6,9H,4-5,7-8H2,1H3,(H,15,17). The molecule has 0 radical (unpaired) electrons. The molecule has 0 aromatic heterocycles. The molecule has 0 spiro atoms. The van der Waals surface area contributed by atoms with Crippen LogP contribution < -0.4 is 14.8 Å². The summed E-state index contributed by atoms with van der Waals surface area (Å²) in [5, 5.41) is 2.67. The second-order valence-corrected chi connectivity index (χ2v) is 4.99. The van der Waals surface area contributed by atoms with Gasteiger partial charge in [0.15, 0.2) is 11.5 Å². The van der Waals surface area contributed by atoms with Crippen molar-refractivity contribution in [3.05, 3.63) is 23.8 Å². The van der Waals surface area contributed by atoms with E-state index in [0.717, 1.165) is 11.3 Å². The smallest absolute Gasteiger partial charge is 0.245 e. The van der Waals surface area contributed by atoms with E-state index in [4.69, 9.17) is 9.47 Å². The van der Waals surface area contributed by atoms with Gasteiger partial charge in [-0.15, -0.1) is 0 Å². The number of nitrogens with one attached hydrogen (secondary N) is 1. The highest BCUT2D eigenvalue weighted by Crippen LogP contribution is 2.32. The lowest BCUT2D eigenvalue weighted by atomic mass is 10.1. The summed E-state index contributed by atoms with van der Waals surface area (Å²) in [4.78, 5) is 25.3. The molecular weight excluding hydrogens is 260 g/mol. The van der Waals surface area contributed by atoms with Gasteiger partial charge >= 0.3 is 0 Å². The Hall–Kier alpha value is -2.24. The van der Waals surface area contributed by atoms with Crippen molar-refractivity contribution in [2.24, 2.45) is 0 Å². The van der Waals surface area contributed by atoms with Gasteiger partial charge in [-0.3, -0.25) is 9.59 Å². The number of fused-ring (bicyclic) bond motifs is 1. The van der Waals surface area contributed by atoms with Gasteiger partial charge in [0.1, 0.15) is 6.04 Å². The van der Waals surface area contributed by atoms with Gasteiger partial charge in [-0.05, 0) is 24.6 Å². The minimum atomic E-state index is -0.473. The maximum atomic E-state index is 12.2. The summed E-state index contributed by atoms with van der Waals surface area (Å²) in [5.74, 6) is 1.28. The van der Waals surface area contributed by atoms with Crippen LogP contribution >= 0.6 is 0 Å². The number of nitrogens with zero attached hydrogens (tertiary/aromatic N) is 1. The summed E-state index contributed by atoms with van der Waals surface area (Å²) in [6.45, 7) is 2.84. The Kier molecular flexibility index (Phi) is 3.22. The van der Waals surface area contributed by atoms with Crippen LogP contribution in [0.2, 0.25) is 0 Å². The van der Waals surface area contributed by atoms with E-state index in [2.05, 4.69) is 5.32 Å². The van der Waals surface area contributed by atoms with Gasteiger partial charge in [0, 0.05) is 19.5 Å². The Balaban J connectivity index is 1.76. The lowest BCUT2D eigenvalue weighted by molar-refractivity contribution is -0.133. The maximum Gasteiger partial charge on any atom is 0.245 e. The molecule has 0 bridgehead atoms. The third kappa shape index (κ3) is 2.41. The first-order chi connectivity index (χ1) is 9.63. The van der Waals surface area contributed by atoms with E-state index in [1.54, 1.807) is 11.8 Å². The fourth-order valence-corrected chi connectivity index (χ4v) is 2.41. The van der Waals surface area contributed by atoms with Crippen LogP contribution in [0.4, 0.5) is 0 Å². The largest absolute Gasteiger partial charge is 0.454 e. The molecule has 1 aromatic carbocycles. The molecular formula is C14H16N2O4. The molecule has 1 unspecified atom stereocenters. The van der Waals surface area contributed by atoms with Crippen molar-refractivity contribution in [2.75, 3.05) is 13.3 Å². The molecule has 1 saturated heterocycles. The summed E-state index contributed by atoms with van der Waals surface area (Å²) in [6.07, 6.45) is 0.334. The summed E-state index contributed by atoms with van der Waals surface area (Å²) < 4.78 is 10.6. The molecule has 2 amide bonds. The topological polar surface area (TPSA) is 67.9 Å². The minimum absolute atomic E-state index is 0.0616. The van der Waals surface area contributed by atoms with Crippen molar-refractivity contribution in [1.82, 2.24) is 10.2 Å². The predicted octanol–water partition coefficient (Wildman–Crippen LogP) is 0.652. The third-order valence-corrected chi connectivity index (χ3v) is 3.48. The molecule has 2 heterocycles. The van der Waals surface area contributed by atoms with Gasteiger partial charge in [-0.2, -0.15) is 0 Å². The van der Waals surface area contributed by atoms with E-state index in [-0.39, 0.29) is 18.6 Å². The quantitative estimate of drug-likeness (QED) is 0.861. The predicted molar refractivity (Wildman–Crippen MR) is 70.2 cm³/mol. The minimum Gasteiger partial charge on any atom is -0.454 e. The third-order valence-electron chi connectivity index (χ3n) is 3.48. The first kappa shape index (κ1) is 12.8. The molecule has 6 nitrogen and oxygen atoms in total.